The molecule has 0 atom stereocenters. The highest BCUT2D eigenvalue weighted by Crippen LogP contribution is 2.20. The van der Waals surface area contributed by atoms with Gasteiger partial charge in [-0.15, -0.1) is 0 Å². The molecule has 0 amide bonds. The topological polar surface area (TPSA) is 52.7 Å². The lowest BCUT2D eigenvalue weighted by Gasteiger charge is -2.10. The Morgan fingerprint density at radius 1 is 1.04 bits per heavy atom. The molecule has 0 fully saturated rings. The van der Waals surface area contributed by atoms with Crippen LogP contribution in [0.3, 0.4) is 0 Å². The minimum Gasteiger partial charge on any atom is -0.265 e. The normalized spacial score (nSPS) is 11.2. The van der Waals surface area contributed by atoms with E-state index in [1.807, 2.05) is 62.4 Å². The first-order valence-electron chi connectivity index (χ1n) is 8.30. The van der Waals surface area contributed by atoms with Crippen molar-refractivity contribution in [2.45, 2.75) is 20.4 Å². The molecule has 0 saturated heterocycles. The van der Waals surface area contributed by atoms with Crippen molar-refractivity contribution in [2.24, 2.45) is 0 Å². The van der Waals surface area contributed by atoms with E-state index in [0.29, 0.717) is 17.1 Å². The van der Waals surface area contributed by atoms with Crippen molar-refractivity contribution in [1.82, 2.24) is 19.6 Å². The standard InChI is InChI=1S/C20H17ClN4O/c1-13-5-3-4-6-18(13)25-19-17(11-22-25)14(2)23-24(20(19)26)12-15-7-9-16(21)10-8-15/h3-11H,12H2,1-2H3. The third kappa shape index (κ3) is 2.80. The molecule has 0 aliphatic rings. The molecule has 0 saturated carbocycles. The first-order valence-corrected chi connectivity index (χ1v) is 8.68. The molecule has 4 rings (SSSR count). The van der Waals surface area contributed by atoms with Gasteiger partial charge in [-0.2, -0.15) is 10.2 Å². The van der Waals surface area contributed by atoms with Gasteiger partial charge in [0.2, 0.25) is 0 Å². The zero-order valence-corrected chi connectivity index (χ0v) is 15.2. The van der Waals surface area contributed by atoms with Gasteiger partial charge in [0.15, 0.2) is 0 Å². The molecule has 0 unspecified atom stereocenters. The molecular formula is C20H17ClN4O. The fourth-order valence-electron chi connectivity index (χ4n) is 3.08. The van der Waals surface area contributed by atoms with Crippen molar-refractivity contribution >= 4 is 22.5 Å². The van der Waals surface area contributed by atoms with E-state index in [2.05, 4.69) is 10.2 Å². The predicted octanol–water partition coefficient (Wildman–Crippen LogP) is 3.90. The minimum atomic E-state index is -0.165. The number of hydrogen-bond acceptors (Lipinski definition) is 3. The van der Waals surface area contributed by atoms with E-state index in [0.717, 1.165) is 27.9 Å². The maximum atomic E-state index is 13.1. The number of nitrogens with zero attached hydrogens (tertiary/aromatic N) is 4. The Labute approximate surface area is 155 Å². The molecule has 0 radical (unpaired) electrons. The number of hydrogen-bond donors (Lipinski definition) is 0. The van der Waals surface area contributed by atoms with E-state index in [4.69, 9.17) is 11.6 Å². The summed E-state index contributed by atoms with van der Waals surface area (Å²) in [5.41, 5.74) is 4.05. The van der Waals surface area contributed by atoms with Gasteiger partial charge in [0.25, 0.3) is 5.56 Å². The Morgan fingerprint density at radius 3 is 2.50 bits per heavy atom. The van der Waals surface area contributed by atoms with E-state index in [-0.39, 0.29) is 5.56 Å². The SMILES string of the molecule is Cc1ccccc1-n1ncc2c(C)nn(Cc3ccc(Cl)cc3)c(=O)c21. The van der Waals surface area contributed by atoms with Gasteiger partial charge < -0.3 is 0 Å². The smallest absolute Gasteiger partial charge is 0.265 e. The molecule has 0 N–H and O–H groups in total. The van der Waals surface area contributed by atoms with E-state index < -0.39 is 0 Å². The molecule has 130 valence electrons. The van der Waals surface area contributed by atoms with Crippen LogP contribution in [0.1, 0.15) is 16.8 Å². The van der Waals surface area contributed by atoms with Crippen LogP contribution in [-0.2, 0) is 6.54 Å². The number of aromatic nitrogens is 4. The van der Waals surface area contributed by atoms with Gasteiger partial charge in [-0.25, -0.2) is 9.36 Å². The van der Waals surface area contributed by atoms with Crippen LogP contribution in [0.15, 0.2) is 59.5 Å². The van der Waals surface area contributed by atoms with Gasteiger partial charge in [0.1, 0.15) is 5.52 Å². The molecule has 26 heavy (non-hydrogen) atoms. The second-order valence-electron chi connectivity index (χ2n) is 6.28. The maximum Gasteiger partial charge on any atom is 0.293 e. The average molecular weight is 365 g/mol. The first-order chi connectivity index (χ1) is 12.5. The Morgan fingerprint density at radius 2 is 1.77 bits per heavy atom. The van der Waals surface area contributed by atoms with E-state index >= 15 is 0 Å². The summed E-state index contributed by atoms with van der Waals surface area (Å²) in [6, 6.07) is 15.3. The molecule has 2 heterocycles. The number of para-hydroxylation sites is 1. The molecule has 6 heteroatoms. The van der Waals surface area contributed by atoms with Crippen LogP contribution in [-0.4, -0.2) is 19.6 Å². The summed E-state index contributed by atoms with van der Waals surface area (Å²) in [5, 5.41) is 10.4. The van der Waals surface area contributed by atoms with Gasteiger partial charge in [0, 0.05) is 10.4 Å². The van der Waals surface area contributed by atoms with Crippen molar-refractivity contribution in [3.05, 3.63) is 86.9 Å². The number of fused-ring (bicyclic) bond motifs is 1. The third-order valence-corrected chi connectivity index (χ3v) is 4.71. The summed E-state index contributed by atoms with van der Waals surface area (Å²) in [5.74, 6) is 0. The minimum absolute atomic E-state index is 0.165. The van der Waals surface area contributed by atoms with Crippen LogP contribution in [0.25, 0.3) is 16.6 Å². The summed E-state index contributed by atoms with van der Waals surface area (Å²) in [7, 11) is 0. The fourth-order valence-corrected chi connectivity index (χ4v) is 3.20. The summed E-state index contributed by atoms with van der Waals surface area (Å²) in [6.45, 7) is 4.28. The van der Waals surface area contributed by atoms with Crippen molar-refractivity contribution < 1.29 is 0 Å². The van der Waals surface area contributed by atoms with Gasteiger partial charge >= 0.3 is 0 Å². The highest BCUT2D eigenvalue weighted by Gasteiger charge is 2.16. The van der Waals surface area contributed by atoms with Gasteiger partial charge in [-0.05, 0) is 43.2 Å². The number of halogens is 1. The quantitative estimate of drug-likeness (QED) is 0.554. The monoisotopic (exact) mass is 364 g/mol. The second-order valence-corrected chi connectivity index (χ2v) is 6.72. The van der Waals surface area contributed by atoms with Crippen LogP contribution in [0.4, 0.5) is 0 Å². The van der Waals surface area contributed by atoms with E-state index in [1.165, 1.54) is 4.68 Å². The molecule has 0 aliphatic carbocycles. The predicted molar refractivity (Wildman–Crippen MR) is 103 cm³/mol. The Kier molecular flexibility index (Phi) is 4.09. The summed E-state index contributed by atoms with van der Waals surface area (Å²) in [4.78, 5) is 13.1. The van der Waals surface area contributed by atoms with Crippen molar-refractivity contribution in [1.29, 1.82) is 0 Å². The largest absolute Gasteiger partial charge is 0.293 e. The van der Waals surface area contributed by atoms with E-state index in [1.54, 1.807) is 10.9 Å². The molecular weight excluding hydrogens is 348 g/mol. The zero-order valence-electron chi connectivity index (χ0n) is 14.5. The number of aryl methyl sites for hydroxylation is 2. The van der Waals surface area contributed by atoms with E-state index in [9.17, 15) is 4.79 Å². The molecule has 0 bridgehead atoms. The fraction of sp³-hybridized carbons (Fsp3) is 0.150. The molecule has 0 spiro atoms. The second kappa shape index (κ2) is 6.42. The van der Waals surface area contributed by atoms with Crippen LogP contribution in [0.5, 0.6) is 0 Å². The molecule has 2 aromatic heterocycles. The third-order valence-electron chi connectivity index (χ3n) is 4.46. The highest BCUT2D eigenvalue weighted by atomic mass is 35.5. The van der Waals surface area contributed by atoms with Crippen molar-refractivity contribution in [2.75, 3.05) is 0 Å². The lowest BCUT2D eigenvalue weighted by Crippen LogP contribution is -2.26. The lowest BCUT2D eigenvalue weighted by atomic mass is 10.2. The first kappa shape index (κ1) is 16.5. The Balaban J connectivity index is 1.90. The molecule has 2 aromatic carbocycles. The zero-order chi connectivity index (χ0) is 18.3. The van der Waals surface area contributed by atoms with Crippen molar-refractivity contribution in [3.63, 3.8) is 0 Å². The summed E-state index contributed by atoms with van der Waals surface area (Å²) < 4.78 is 3.19. The summed E-state index contributed by atoms with van der Waals surface area (Å²) >= 11 is 5.94. The van der Waals surface area contributed by atoms with Crippen LogP contribution in [0.2, 0.25) is 5.02 Å². The van der Waals surface area contributed by atoms with Gasteiger partial charge in [-0.1, -0.05) is 41.9 Å². The highest BCUT2D eigenvalue weighted by molar-refractivity contribution is 6.30. The average Bonchev–Trinajstić information content (AvgIpc) is 3.07. The van der Waals surface area contributed by atoms with Crippen molar-refractivity contribution in [3.8, 4) is 5.69 Å². The van der Waals surface area contributed by atoms with Crippen LogP contribution in [0, 0.1) is 13.8 Å². The Bertz CT molecular complexity index is 1160. The molecule has 0 aliphatic heterocycles. The van der Waals surface area contributed by atoms with Crippen LogP contribution < -0.4 is 5.56 Å². The molecule has 5 nitrogen and oxygen atoms in total. The number of rotatable bonds is 3. The Hall–Kier alpha value is -2.92. The van der Waals surface area contributed by atoms with Gasteiger partial charge in [0.05, 0.1) is 24.1 Å². The summed E-state index contributed by atoms with van der Waals surface area (Å²) in [6.07, 6.45) is 1.71. The maximum absolute atomic E-state index is 13.1. The lowest BCUT2D eigenvalue weighted by molar-refractivity contribution is 0.634. The number of benzene rings is 2. The molecule has 4 aromatic rings. The van der Waals surface area contributed by atoms with Crippen LogP contribution >= 0.6 is 11.6 Å². The van der Waals surface area contributed by atoms with Gasteiger partial charge in [-0.3, -0.25) is 4.79 Å².